The van der Waals surface area contributed by atoms with E-state index < -0.39 is 0 Å². The van der Waals surface area contributed by atoms with Crippen LogP contribution in [0.2, 0.25) is 0 Å². The summed E-state index contributed by atoms with van der Waals surface area (Å²) in [7, 11) is 0. The first kappa shape index (κ1) is 10.7. The first-order valence-electron chi connectivity index (χ1n) is 6.19. The van der Waals surface area contributed by atoms with E-state index in [1.54, 1.807) is 17.1 Å². The SMILES string of the molecule is O=C(Cn1ccnn1)N1CCC2CCC(C1)N2. The topological polar surface area (TPSA) is 63.1 Å². The third-order valence-corrected chi connectivity index (χ3v) is 3.65. The number of carbonyl (C=O) groups is 1. The largest absolute Gasteiger partial charge is 0.339 e. The Balaban J connectivity index is 1.62. The first-order valence-corrected chi connectivity index (χ1v) is 6.19. The molecule has 0 aliphatic carbocycles. The van der Waals surface area contributed by atoms with Crippen molar-refractivity contribution in [3.8, 4) is 0 Å². The molecule has 0 spiro atoms. The molecule has 0 radical (unpaired) electrons. The van der Waals surface area contributed by atoms with E-state index in [0.29, 0.717) is 18.6 Å². The maximum absolute atomic E-state index is 12.1. The number of likely N-dealkylation sites (tertiary alicyclic amines) is 1. The van der Waals surface area contributed by atoms with Crippen molar-refractivity contribution in [2.75, 3.05) is 13.1 Å². The number of carbonyl (C=O) groups excluding carboxylic acids is 1. The van der Waals surface area contributed by atoms with E-state index in [-0.39, 0.29) is 5.91 Å². The van der Waals surface area contributed by atoms with Crippen LogP contribution in [0.5, 0.6) is 0 Å². The lowest BCUT2D eigenvalue weighted by atomic mass is 10.1. The van der Waals surface area contributed by atoms with Crippen LogP contribution in [0.4, 0.5) is 0 Å². The minimum atomic E-state index is 0.143. The second-order valence-electron chi connectivity index (χ2n) is 4.87. The summed E-state index contributed by atoms with van der Waals surface area (Å²) >= 11 is 0. The third kappa shape index (κ3) is 2.31. The van der Waals surface area contributed by atoms with Gasteiger partial charge in [-0.2, -0.15) is 0 Å². The molecular formula is C11H17N5O. The molecule has 2 atom stereocenters. The van der Waals surface area contributed by atoms with Gasteiger partial charge in [0.15, 0.2) is 0 Å². The van der Waals surface area contributed by atoms with Gasteiger partial charge in [-0.3, -0.25) is 4.79 Å². The molecule has 2 aliphatic heterocycles. The highest BCUT2D eigenvalue weighted by molar-refractivity contribution is 5.76. The van der Waals surface area contributed by atoms with Crippen LogP contribution in [-0.2, 0) is 11.3 Å². The Bertz CT molecular complexity index is 391. The number of aromatic nitrogens is 3. The molecule has 92 valence electrons. The number of fused-ring (bicyclic) bond motifs is 2. The van der Waals surface area contributed by atoms with Gasteiger partial charge in [0.1, 0.15) is 6.54 Å². The Kier molecular flexibility index (Phi) is 2.80. The van der Waals surface area contributed by atoms with Gasteiger partial charge in [-0.1, -0.05) is 5.21 Å². The van der Waals surface area contributed by atoms with Gasteiger partial charge in [0, 0.05) is 31.4 Å². The molecule has 1 aromatic rings. The molecule has 2 unspecified atom stereocenters. The minimum absolute atomic E-state index is 0.143. The lowest BCUT2D eigenvalue weighted by Crippen LogP contribution is -2.40. The molecule has 2 aliphatic rings. The second-order valence-corrected chi connectivity index (χ2v) is 4.87. The molecule has 3 rings (SSSR count). The van der Waals surface area contributed by atoms with Crippen molar-refractivity contribution in [3.63, 3.8) is 0 Å². The summed E-state index contributed by atoms with van der Waals surface area (Å²) in [5.41, 5.74) is 0. The zero-order chi connectivity index (χ0) is 11.7. The smallest absolute Gasteiger partial charge is 0.244 e. The lowest BCUT2D eigenvalue weighted by Gasteiger charge is -2.24. The molecule has 6 nitrogen and oxygen atoms in total. The molecule has 2 fully saturated rings. The van der Waals surface area contributed by atoms with E-state index in [1.807, 2.05) is 4.90 Å². The lowest BCUT2D eigenvalue weighted by molar-refractivity contribution is -0.132. The summed E-state index contributed by atoms with van der Waals surface area (Å²) in [6.45, 7) is 2.00. The van der Waals surface area contributed by atoms with Crippen molar-refractivity contribution in [1.29, 1.82) is 0 Å². The van der Waals surface area contributed by atoms with Crippen LogP contribution >= 0.6 is 0 Å². The minimum Gasteiger partial charge on any atom is -0.339 e. The molecule has 1 amide bonds. The van der Waals surface area contributed by atoms with Gasteiger partial charge in [-0.25, -0.2) is 4.68 Å². The monoisotopic (exact) mass is 235 g/mol. The van der Waals surface area contributed by atoms with Gasteiger partial charge in [-0.05, 0) is 19.3 Å². The molecule has 3 heterocycles. The Morgan fingerprint density at radius 1 is 1.35 bits per heavy atom. The van der Waals surface area contributed by atoms with E-state index in [4.69, 9.17) is 0 Å². The zero-order valence-electron chi connectivity index (χ0n) is 9.75. The molecule has 2 bridgehead atoms. The predicted molar refractivity (Wildman–Crippen MR) is 61.2 cm³/mol. The molecule has 2 saturated heterocycles. The van der Waals surface area contributed by atoms with Gasteiger partial charge in [0.25, 0.3) is 0 Å². The van der Waals surface area contributed by atoms with Crippen molar-refractivity contribution >= 4 is 5.91 Å². The van der Waals surface area contributed by atoms with Crippen molar-refractivity contribution in [2.45, 2.75) is 37.9 Å². The average Bonchev–Trinajstić information content (AvgIpc) is 2.88. The fraction of sp³-hybridized carbons (Fsp3) is 0.727. The number of nitrogens with zero attached hydrogens (tertiary/aromatic N) is 4. The molecule has 0 saturated carbocycles. The van der Waals surface area contributed by atoms with Gasteiger partial charge in [0.2, 0.25) is 5.91 Å². The highest BCUT2D eigenvalue weighted by Gasteiger charge is 2.30. The van der Waals surface area contributed by atoms with Crippen molar-refractivity contribution in [3.05, 3.63) is 12.4 Å². The number of amides is 1. The molecule has 1 N–H and O–H groups in total. The van der Waals surface area contributed by atoms with E-state index in [2.05, 4.69) is 15.6 Å². The zero-order valence-corrected chi connectivity index (χ0v) is 9.75. The summed E-state index contributed by atoms with van der Waals surface area (Å²) in [6.07, 6.45) is 6.84. The average molecular weight is 235 g/mol. The van der Waals surface area contributed by atoms with E-state index in [0.717, 1.165) is 19.5 Å². The molecule has 6 heteroatoms. The van der Waals surface area contributed by atoms with Crippen LogP contribution in [0.3, 0.4) is 0 Å². The summed E-state index contributed by atoms with van der Waals surface area (Å²) < 4.78 is 1.58. The summed E-state index contributed by atoms with van der Waals surface area (Å²) in [4.78, 5) is 14.1. The fourth-order valence-corrected chi connectivity index (χ4v) is 2.73. The molecular weight excluding hydrogens is 218 g/mol. The maximum Gasteiger partial charge on any atom is 0.244 e. The number of nitrogens with one attached hydrogen (secondary N) is 1. The second kappa shape index (κ2) is 4.44. The first-order chi connectivity index (χ1) is 8.31. The van der Waals surface area contributed by atoms with Crippen molar-refractivity contribution in [2.24, 2.45) is 0 Å². The molecule has 1 aromatic heterocycles. The fourth-order valence-electron chi connectivity index (χ4n) is 2.73. The normalized spacial score (nSPS) is 28.1. The van der Waals surface area contributed by atoms with Crippen LogP contribution in [0.1, 0.15) is 19.3 Å². The quantitative estimate of drug-likeness (QED) is 0.760. The number of hydrogen-bond donors (Lipinski definition) is 1. The Morgan fingerprint density at radius 2 is 2.24 bits per heavy atom. The Labute approximate surface area is 100.0 Å². The predicted octanol–water partition coefficient (Wildman–Crippen LogP) is -0.369. The van der Waals surface area contributed by atoms with Gasteiger partial charge in [0.05, 0.1) is 6.20 Å². The third-order valence-electron chi connectivity index (χ3n) is 3.65. The standard InChI is InChI=1S/C11H17N5O/c17-11(8-16-6-4-12-14-16)15-5-3-9-1-2-10(7-15)13-9/h4,6,9-10,13H,1-3,5,7-8H2. The van der Waals surface area contributed by atoms with Crippen LogP contribution in [0.25, 0.3) is 0 Å². The van der Waals surface area contributed by atoms with Crippen molar-refractivity contribution in [1.82, 2.24) is 25.2 Å². The maximum atomic E-state index is 12.1. The highest BCUT2D eigenvalue weighted by Crippen LogP contribution is 2.20. The summed E-state index contributed by atoms with van der Waals surface area (Å²) in [5.74, 6) is 0.143. The van der Waals surface area contributed by atoms with Crippen LogP contribution in [-0.4, -0.2) is 51.0 Å². The van der Waals surface area contributed by atoms with E-state index >= 15 is 0 Å². The summed E-state index contributed by atoms with van der Waals surface area (Å²) in [6, 6.07) is 1.10. The Morgan fingerprint density at radius 3 is 3.06 bits per heavy atom. The summed E-state index contributed by atoms with van der Waals surface area (Å²) in [5, 5.41) is 11.1. The number of hydrogen-bond acceptors (Lipinski definition) is 4. The van der Waals surface area contributed by atoms with Crippen LogP contribution < -0.4 is 5.32 Å². The molecule has 0 aromatic carbocycles. The molecule has 17 heavy (non-hydrogen) atoms. The van der Waals surface area contributed by atoms with Gasteiger partial charge in [-0.15, -0.1) is 5.10 Å². The van der Waals surface area contributed by atoms with Crippen molar-refractivity contribution < 1.29 is 4.79 Å². The van der Waals surface area contributed by atoms with Gasteiger partial charge >= 0.3 is 0 Å². The van der Waals surface area contributed by atoms with Crippen LogP contribution in [0.15, 0.2) is 12.4 Å². The number of rotatable bonds is 2. The van der Waals surface area contributed by atoms with Gasteiger partial charge < -0.3 is 10.2 Å². The Hall–Kier alpha value is -1.43. The van der Waals surface area contributed by atoms with E-state index in [9.17, 15) is 4.79 Å². The highest BCUT2D eigenvalue weighted by atomic mass is 16.2. The van der Waals surface area contributed by atoms with Crippen LogP contribution in [0, 0.1) is 0 Å². The van der Waals surface area contributed by atoms with E-state index in [1.165, 1.54) is 12.8 Å².